The molecule has 0 unspecified atom stereocenters. The third kappa shape index (κ3) is 2.32. The van der Waals surface area contributed by atoms with Crippen molar-refractivity contribution in [3.05, 3.63) is 33.3 Å². The first-order valence-electron chi connectivity index (χ1n) is 3.72. The summed E-state index contributed by atoms with van der Waals surface area (Å²) in [4.78, 5) is 9.99. The van der Waals surface area contributed by atoms with Crippen molar-refractivity contribution in [2.24, 2.45) is 0 Å². The Kier molecular flexibility index (Phi) is 3.08. The van der Waals surface area contributed by atoms with Gasteiger partial charge < -0.3 is 4.74 Å². The second kappa shape index (κ2) is 4.09. The lowest BCUT2D eigenvalue weighted by Crippen LogP contribution is -1.96. The van der Waals surface area contributed by atoms with Gasteiger partial charge in [-0.1, -0.05) is 11.6 Å². The zero-order valence-corrected chi connectivity index (χ0v) is 7.75. The Balaban J connectivity index is 3.10. The van der Waals surface area contributed by atoms with E-state index >= 15 is 0 Å². The minimum absolute atomic E-state index is 0.0637. The van der Waals surface area contributed by atoms with Crippen molar-refractivity contribution in [1.29, 1.82) is 0 Å². The third-order valence-corrected chi connectivity index (χ3v) is 1.65. The van der Waals surface area contributed by atoms with E-state index in [1.807, 2.05) is 0 Å². The van der Waals surface area contributed by atoms with E-state index in [0.717, 1.165) is 0 Å². The number of rotatable bonds is 3. The summed E-state index contributed by atoms with van der Waals surface area (Å²) in [5.74, 6) is 0.208. The Morgan fingerprint density at radius 1 is 1.62 bits per heavy atom. The highest BCUT2D eigenvalue weighted by Crippen LogP contribution is 2.29. The van der Waals surface area contributed by atoms with Gasteiger partial charge in [0.25, 0.3) is 0 Å². The van der Waals surface area contributed by atoms with Crippen molar-refractivity contribution in [2.45, 2.75) is 6.92 Å². The van der Waals surface area contributed by atoms with Crippen molar-refractivity contribution >= 4 is 17.3 Å². The van der Waals surface area contributed by atoms with Gasteiger partial charge in [0.1, 0.15) is 0 Å². The molecule has 0 atom stereocenters. The molecule has 0 N–H and O–H groups in total. The average Bonchev–Trinajstić information content (AvgIpc) is 2.04. The van der Waals surface area contributed by atoms with E-state index in [2.05, 4.69) is 0 Å². The highest BCUT2D eigenvalue weighted by Gasteiger charge is 2.14. The lowest BCUT2D eigenvalue weighted by molar-refractivity contribution is -0.385. The number of hydrogen-bond donors (Lipinski definition) is 0. The van der Waals surface area contributed by atoms with Gasteiger partial charge in [-0.05, 0) is 13.0 Å². The van der Waals surface area contributed by atoms with E-state index in [-0.39, 0.29) is 11.4 Å². The summed E-state index contributed by atoms with van der Waals surface area (Å²) in [6.45, 7) is 2.13. The van der Waals surface area contributed by atoms with E-state index < -0.39 is 4.92 Å². The molecule has 0 bridgehead atoms. The maximum absolute atomic E-state index is 10.5. The van der Waals surface area contributed by atoms with Gasteiger partial charge in [0.15, 0.2) is 5.75 Å². The Morgan fingerprint density at radius 3 is 2.85 bits per heavy atom. The monoisotopic (exact) mass is 201 g/mol. The van der Waals surface area contributed by atoms with Crippen LogP contribution in [0.15, 0.2) is 18.2 Å². The largest absolute Gasteiger partial charge is 0.487 e. The van der Waals surface area contributed by atoms with Crippen LogP contribution in [0.4, 0.5) is 5.69 Å². The quantitative estimate of drug-likeness (QED) is 0.558. The second-order valence-electron chi connectivity index (χ2n) is 2.30. The van der Waals surface area contributed by atoms with E-state index in [9.17, 15) is 10.1 Å². The Labute approximate surface area is 80.2 Å². The van der Waals surface area contributed by atoms with Crippen LogP contribution in [0.3, 0.4) is 0 Å². The van der Waals surface area contributed by atoms with E-state index in [1.165, 1.54) is 18.2 Å². The van der Waals surface area contributed by atoms with Crippen LogP contribution < -0.4 is 4.74 Å². The summed E-state index contributed by atoms with van der Waals surface area (Å²) in [5, 5.41) is 10.9. The molecule has 0 saturated carbocycles. The molecule has 0 aromatic heterocycles. The van der Waals surface area contributed by atoms with E-state index in [4.69, 9.17) is 16.3 Å². The summed E-state index contributed by atoms with van der Waals surface area (Å²) in [5.41, 5.74) is -0.0637. The second-order valence-corrected chi connectivity index (χ2v) is 2.74. The lowest BCUT2D eigenvalue weighted by Gasteiger charge is -2.03. The molecule has 0 saturated heterocycles. The molecular weight excluding hydrogens is 194 g/mol. The van der Waals surface area contributed by atoms with Gasteiger partial charge in [0, 0.05) is 17.2 Å². The molecule has 70 valence electrons. The molecule has 4 nitrogen and oxygen atoms in total. The normalized spacial score (nSPS) is 9.69. The number of benzene rings is 1. The molecule has 1 aromatic carbocycles. The number of nitrogens with zero attached hydrogens (tertiary/aromatic N) is 1. The Bertz CT molecular complexity index is 327. The van der Waals surface area contributed by atoms with Crippen LogP contribution in [0.1, 0.15) is 6.92 Å². The van der Waals surface area contributed by atoms with Crippen molar-refractivity contribution in [3.8, 4) is 5.75 Å². The maximum Gasteiger partial charge on any atom is 0.311 e. The number of nitro groups is 1. The molecule has 0 heterocycles. The molecule has 0 aliphatic heterocycles. The third-order valence-electron chi connectivity index (χ3n) is 1.42. The van der Waals surface area contributed by atoms with Crippen LogP contribution in [0.25, 0.3) is 0 Å². The number of halogens is 1. The maximum atomic E-state index is 10.5. The number of nitro benzene ring substituents is 1. The first-order chi connectivity index (χ1) is 6.15. The van der Waals surface area contributed by atoms with Crippen LogP contribution in [0, 0.1) is 10.1 Å². The highest BCUT2D eigenvalue weighted by atomic mass is 35.5. The van der Waals surface area contributed by atoms with Crippen molar-refractivity contribution in [2.75, 3.05) is 6.61 Å². The fourth-order valence-corrected chi connectivity index (χ4v) is 1.07. The van der Waals surface area contributed by atoms with Gasteiger partial charge in [-0.15, -0.1) is 0 Å². The Morgan fingerprint density at radius 2 is 2.31 bits per heavy atom. The fraction of sp³-hybridized carbons (Fsp3) is 0.250. The molecule has 0 aliphatic carbocycles. The van der Waals surface area contributed by atoms with Gasteiger partial charge in [-0.3, -0.25) is 10.1 Å². The number of ether oxygens (including phenoxy) is 1. The molecule has 0 spiro atoms. The van der Waals surface area contributed by atoms with Crippen LogP contribution in [-0.2, 0) is 0 Å². The number of hydrogen-bond acceptors (Lipinski definition) is 3. The van der Waals surface area contributed by atoms with Crippen LogP contribution in [0.2, 0.25) is 5.02 Å². The molecule has 0 amide bonds. The predicted molar refractivity (Wildman–Crippen MR) is 49.3 cm³/mol. The first kappa shape index (κ1) is 9.80. The smallest absolute Gasteiger partial charge is 0.311 e. The molecule has 1 rings (SSSR count). The SMILES string of the molecule is CCOc1cc(Cl)ccc1[N+](=O)[O-]. The summed E-state index contributed by atoms with van der Waals surface area (Å²) in [7, 11) is 0. The molecular formula is C8H8ClNO3. The molecule has 5 heteroatoms. The summed E-state index contributed by atoms with van der Waals surface area (Å²) in [6.07, 6.45) is 0. The van der Waals surface area contributed by atoms with Gasteiger partial charge in [0.05, 0.1) is 11.5 Å². The standard InChI is InChI=1S/C8H8ClNO3/c1-2-13-8-5-6(9)3-4-7(8)10(11)12/h3-5H,2H2,1H3. The zero-order chi connectivity index (χ0) is 9.84. The topological polar surface area (TPSA) is 52.4 Å². The van der Waals surface area contributed by atoms with Crippen LogP contribution in [0.5, 0.6) is 5.75 Å². The summed E-state index contributed by atoms with van der Waals surface area (Å²) >= 11 is 5.65. The van der Waals surface area contributed by atoms with Gasteiger partial charge >= 0.3 is 5.69 Å². The van der Waals surface area contributed by atoms with Gasteiger partial charge in [0.2, 0.25) is 0 Å². The minimum atomic E-state index is -0.499. The van der Waals surface area contributed by atoms with Crippen LogP contribution >= 0.6 is 11.6 Å². The lowest BCUT2D eigenvalue weighted by atomic mass is 10.3. The fourth-order valence-electron chi connectivity index (χ4n) is 0.910. The first-order valence-corrected chi connectivity index (χ1v) is 4.09. The summed E-state index contributed by atoms with van der Waals surface area (Å²) in [6, 6.07) is 4.22. The molecule has 1 aromatic rings. The van der Waals surface area contributed by atoms with Crippen LogP contribution in [-0.4, -0.2) is 11.5 Å². The van der Waals surface area contributed by atoms with E-state index in [1.54, 1.807) is 6.92 Å². The average molecular weight is 202 g/mol. The molecule has 0 fully saturated rings. The minimum Gasteiger partial charge on any atom is -0.487 e. The van der Waals surface area contributed by atoms with E-state index in [0.29, 0.717) is 11.6 Å². The van der Waals surface area contributed by atoms with Crippen molar-refractivity contribution < 1.29 is 9.66 Å². The zero-order valence-electron chi connectivity index (χ0n) is 6.99. The van der Waals surface area contributed by atoms with Gasteiger partial charge in [-0.25, -0.2) is 0 Å². The molecule has 13 heavy (non-hydrogen) atoms. The molecule has 0 radical (unpaired) electrons. The summed E-state index contributed by atoms with van der Waals surface area (Å²) < 4.78 is 5.05. The van der Waals surface area contributed by atoms with Crippen molar-refractivity contribution in [3.63, 3.8) is 0 Å². The predicted octanol–water partition coefficient (Wildman–Crippen LogP) is 2.65. The van der Waals surface area contributed by atoms with Gasteiger partial charge in [-0.2, -0.15) is 0 Å². The highest BCUT2D eigenvalue weighted by molar-refractivity contribution is 6.30. The molecule has 0 aliphatic rings. The van der Waals surface area contributed by atoms with Crippen molar-refractivity contribution in [1.82, 2.24) is 0 Å². The Hall–Kier alpha value is -1.29.